The highest BCUT2D eigenvalue weighted by atomic mass is 16.4. The molecular weight excluding hydrogens is 212 g/mol. The summed E-state index contributed by atoms with van der Waals surface area (Å²) in [5.74, 6) is 0.594. The minimum atomic E-state index is -0.605. The number of hydrogen-bond donors (Lipinski definition) is 1. The summed E-state index contributed by atoms with van der Waals surface area (Å²) in [6.45, 7) is 8.86. The molecular formula is C15H24O2. The Morgan fingerprint density at radius 1 is 1.35 bits per heavy atom. The van der Waals surface area contributed by atoms with E-state index >= 15 is 0 Å². The van der Waals surface area contributed by atoms with Gasteiger partial charge in [0.05, 0.1) is 5.92 Å². The van der Waals surface area contributed by atoms with Crippen LogP contribution in [0.1, 0.15) is 52.4 Å². The second-order valence-corrected chi connectivity index (χ2v) is 6.57. The van der Waals surface area contributed by atoms with Crippen LogP contribution in [0.2, 0.25) is 0 Å². The molecule has 2 aliphatic rings. The Balaban J connectivity index is 2.08. The van der Waals surface area contributed by atoms with Crippen LogP contribution in [0.3, 0.4) is 0 Å². The van der Waals surface area contributed by atoms with Crippen LogP contribution in [0.15, 0.2) is 12.2 Å². The molecule has 2 aliphatic carbocycles. The molecule has 0 aromatic heterocycles. The number of carboxylic acids is 1. The lowest BCUT2D eigenvalue weighted by molar-refractivity contribution is -0.142. The first kappa shape index (κ1) is 12.7. The number of aliphatic carboxylic acids is 1. The SMILES string of the molecule is C=C1CCCC(C(=O)O)CCC2C1CC2(C)C. The number of carbonyl (C=O) groups is 1. The van der Waals surface area contributed by atoms with E-state index in [9.17, 15) is 9.90 Å². The lowest BCUT2D eigenvalue weighted by atomic mass is 9.52. The van der Waals surface area contributed by atoms with Crippen molar-refractivity contribution in [3.05, 3.63) is 12.2 Å². The molecule has 2 nitrogen and oxygen atoms in total. The fourth-order valence-electron chi connectivity index (χ4n) is 3.80. The standard InChI is InChI=1S/C15H24O2/c1-10-5-4-6-11(14(16)17)7-8-13-12(10)9-15(13,2)3/h11-13H,1,4-9H2,2-3H3,(H,16,17). The molecule has 0 aliphatic heterocycles. The van der Waals surface area contributed by atoms with E-state index in [0.717, 1.165) is 32.1 Å². The van der Waals surface area contributed by atoms with E-state index in [0.29, 0.717) is 17.3 Å². The summed E-state index contributed by atoms with van der Waals surface area (Å²) in [6, 6.07) is 0. The van der Waals surface area contributed by atoms with Gasteiger partial charge in [0.1, 0.15) is 0 Å². The molecule has 1 N–H and O–H groups in total. The number of fused-ring (bicyclic) bond motifs is 1. The molecule has 0 spiro atoms. The fourth-order valence-corrected chi connectivity index (χ4v) is 3.80. The summed E-state index contributed by atoms with van der Waals surface area (Å²) in [5, 5.41) is 9.19. The zero-order valence-corrected chi connectivity index (χ0v) is 11.0. The molecule has 2 heteroatoms. The molecule has 3 unspecified atom stereocenters. The van der Waals surface area contributed by atoms with Crippen LogP contribution in [0.5, 0.6) is 0 Å². The largest absolute Gasteiger partial charge is 0.481 e. The summed E-state index contributed by atoms with van der Waals surface area (Å²) < 4.78 is 0. The van der Waals surface area contributed by atoms with E-state index in [1.807, 2.05) is 0 Å². The normalized spacial score (nSPS) is 37.1. The van der Waals surface area contributed by atoms with Crippen LogP contribution in [0.25, 0.3) is 0 Å². The van der Waals surface area contributed by atoms with E-state index in [2.05, 4.69) is 20.4 Å². The van der Waals surface area contributed by atoms with Gasteiger partial charge in [-0.2, -0.15) is 0 Å². The summed E-state index contributed by atoms with van der Waals surface area (Å²) in [4.78, 5) is 11.2. The minimum Gasteiger partial charge on any atom is -0.481 e. The third-order valence-corrected chi connectivity index (χ3v) is 4.99. The molecule has 2 rings (SSSR count). The van der Waals surface area contributed by atoms with Gasteiger partial charge in [-0.3, -0.25) is 4.79 Å². The third-order valence-electron chi connectivity index (χ3n) is 4.99. The van der Waals surface area contributed by atoms with Gasteiger partial charge >= 0.3 is 5.97 Å². The predicted octanol–water partition coefficient (Wildman–Crippen LogP) is 3.87. The van der Waals surface area contributed by atoms with E-state index < -0.39 is 5.97 Å². The number of rotatable bonds is 1. The van der Waals surface area contributed by atoms with Crippen molar-refractivity contribution in [3.63, 3.8) is 0 Å². The van der Waals surface area contributed by atoms with Gasteiger partial charge in [-0.25, -0.2) is 0 Å². The molecule has 3 atom stereocenters. The Hall–Kier alpha value is -0.790. The fraction of sp³-hybridized carbons (Fsp3) is 0.800. The highest BCUT2D eigenvalue weighted by Crippen LogP contribution is 2.56. The Labute approximate surface area is 104 Å². The van der Waals surface area contributed by atoms with Crippen molar-refractivity contribution in [2.24, 2.45) is 23.2 Å². The monoisotopic (exact) mass is 236 g/mol. The smallest absolute Gasteiger partial charge is 0.306 e. The lowest BCUT2D eigenvalue weighted by Gasteiger charge is -2.53. The molecule has 0 aromatic rings. The molecule has 17 heavy (non-hydrogen) atoms. The number of hydrogen-bond acceptors (Lipinski definition) is 1. The summed E-state index contributed by atoms with van der Waals surface area (Å²) in [7, 11) is 0. The van der Waals surface area contributed by atoms with Gasteiger partial charge in [0.25, 0.3) is 0 Å². The van der Waals surface area contributed by atoms with Crippen molar-refractivity contribution in [2.75, 3.05) is 0 Å². The average molecular weight is 236 g/mol. The van der Waals surface area contributed by atoms with Crippen LogP contribution < -0.4 is 0 Å². The van der Waals surface area contributed by atoms with Crippen molar-refractivity contribution in [1.29, 1.82) is 0 Å². The Kier molecular flexibility index (Phi) is 3.33. The first-order chi connectivity index (χ1) is 7.92. The zero-order valence-electron chi connectivity index (χ0n) is 11.0. The summed E-state index contributed by atoms with van der Waals surface area (Å²) in [5.41, 5.74) is 1.77. The quantitative estimate of drug-likeness (QED) is 0.702. The van der Waals surface area contributed by atoms with Crippen LogP contribution in [0.4, 0.5) is 0 Å². The summed E-state index contributed by atoms with van der Waals surface area (Å²) >= 11 is 0. The maximum absolute atomic E-state index is 11.2. The van der Waals surface area contributed by atoms with Gasteiger partial charge < -0.3 is 5.11 Å². The predicted molar refractivity (Wildman–Crippen MR) is 68.7 cm³/mol. The number of carboxylic acid groups (broad SMARTS) is 1. The van der Waals surface area contributed by atoms with Crippen LogP contribution in [-0.4, -0.2) is 11.1 Å². The molecule has 2 fully saturated rings. The molecule has 0 saturated heterocycles. The van der Waals surface area contributed by atoms with Gasteiger partial charge in [-0.15, -0.1) is 0 Å². The highest BCUT2D eigenvalue weighted by molar-refractivity contribution is 5.69. The molecule has 0 bridgehead atoms. The Morgan fingerprint density at radius 2 is 2.06 bits per heavy atom. The van der Waals surface area contributed by atoms with Crippen molar-refractivity contribution in [3.8, 4) is 0 Å². The van der Waals surface area contributed by atoms with E-state index in [4.69, 9.17) is 0 Å². The second kappa shape index (κ2) is 4.47. The number of allylic oxidation sites excluding steroid dienone is 1. The van der Waals surface area contributed by atoms with Crippen LogP contribution in [0, 0.1) is 23.2 Å². The third kappa shape index (κ3) is 2.41. The molecule has 96 valence electrons. The summed E-state index contributed by atoms with van der Waals surface area (Å²) in [6.07, 6.45) is 6.02. The van der Waals surface area contributed by atoms with Crippen molar-refractivity contribution in [2.45, 2.75) is 52.4 Å². The Morgan fingerprint density at radius 3 is 2.65 bits per heavy atom. The van der Waals surface area contributed by atoms with Crippen molar-refractivity contribution >= 4 is 5.97 Å². The molecule has 0 aromatic carbocycles. The topological polar surface area (TPSA) is 37.3 Å². The highest BCUT2D eigenvalue weighted by Gasteiger charge is 2.48. The minimum absolute atomic E-state index is 0.127. The second-order valence-electron chi connectivity index (χ2n) is 6.57. The van der Waals surface area contributed by atoms with Crippen LogP contribution in [-0.2, 0) is 4.79 Å². The van der Waals surface area contributed by atoms with Gasteiger partial charge in [-0.05, 0) is 55.8 Å². The van der Waals surface area contributed by atoms with Crippen LogP contribution >= 0.6 is 0 Å². The average Bonchev–Trinajstić information content (AvgIpc) is 2.28. The zero-order chi connectivity index (χ0) is 12.6. The van der Waals surface area contributed by atoms with Gasteiger partial charge in [0.2, 0.25) is 0 Å². The maximum atomic E-state index is 11.2. The van der Waals surface area contributed by atoms with Crippen molar-refractivity contribution in [1.82, 2.24) is 0 Å². The first-order valence-corrected chi connectivity index (χ1v) is 6.82. The Bertz CT molecular complexity index is 330. The molecule has 0 heterocycles. The van der Waals surface area contributed by atoms with E-state index in [-0.39, 0.29) is 5.92 Å². The van der Waals surface area contributed by atoms with Gasteiger partial charge in [0, 0.05) is 0 Å². The first-order valence-electron chi connectivity index (χ1n) is 6.82. The molecule has 2 saturated carbocycles. The molecule has 0 radical (unpaired) electrons. The van der Waals surface area contributed by atoms with E-state index in [1.165, 1.54) is 12.0 Å². The maximum Gasteiger partial charge on any atom is 0.306 e. The van der Waals surface area contributed by atoms with E-state index in [1.54, 1.807) is 0 Å². The lowest BCUT2D eigenvalue weighted by Crippen LogP contribution is -2.44. The molecule has 0 amide bonds. The van der Waals surface area contributed by atoms with Crippen molar-refractivity contribution < 1.29 is 9.90 Å². The van der Waals surface area contributed by atoms with Gasteiger partial charge in [-0.1, -0.05) is 26.0 Å². The van der Waals surface area contributed by atoms with Gasteiger partial charge in [0.15, 0.2) is 0 Å².